The summed E-state index contributed by atoms with van der Waals surface area (Å²) in [5.41, 5.74) is -0.150. The summed E-state index contributed by atoms with van der Waals surface area (Å²) in [5.74, 6) is 0.753. The van der Waals surface area contributed by atoms with Crippen LogP contribution >= 0.6 is 23.5 Å². The van der Waals surface area contributed by atoms with E-state index in [2.05, 4.69) is 25.5 Å². The highest BCUT2D eigenvalue weighted by Crippen LogP contribution is 2.37. The van der Waals surface area contributed by atoms with Crippen molar-refractivity contribution in [1.82, 2.24) is 24.7 Å². The minimum absolute atomic E-state index is 0.150. The first-order valence-corrected chi connectivity index (χ1v) is 8.21. The Hall–Kier alpha value is -1.48. The quantitative estimate of drug-likeness (QED) is 0.493. The predicted molar refractivity (Wildman–Crippen MR) is 78.6 cm³/mol. The summed E-state index contributed by atoms with van der Waals surface area (Å²) < 4.78 is 1.71. The number of nitrogens with zero attached hydrogens (tertiary/aromatic N) is 4. The molecule has 0 aromatic carbocycles. The van der Waals surface area contributed by atoms with Gasteiger partial charge in [-0.25, -0.2) is 19.9 Å². The Morgan fingerprint density at radius 2 is 2.25 bits per heavy atom. The molecular weight excluding hydrogens is 296 g/mol. The molecule has 0 unspecified atom stereocenters. The van der Waals surface area contributed by atoms with Crippen molar-refractivity contribution in [1.29, 1.82) is 0 Å². The summed E-state index contributed by atoms with van der Waals surface area (Å²) in [4.78, 5) is 20.5. The third-order valence-electron chi connectivity index (χ3n) is 2.90. The van der Waals surface area contributed by atoms with Gasteiger partial charge in [-0.15, -0.1) is 5.10 Å². The molecule has 3 rings (SSSR count). The first-order chi connectivity index (χ1) is 9.71. The molecule has 1 fully saturated rings. The van der Waals surface area contributed by atoms with Crippen molar-refractivity contribution in [2.45, 2.75) is 34.2 Å². The van der Waals surface area contributed by atoms with E-state index in [4.69, 9.17) is 0 Å². The number of aromatic nitrogens is 5. The Bertz CT molecular complexity index is 656. The number of hydrogen-bond donors (Lipinski definition) is 2. The second-order valence-electron chi connectivity index (χ2n) is 4.34. The molecule has 20 heavy (non-hydrogen) atoms. The Balaban J connectivity index is 1.93. The van der Waals surface area contributed by atoms with Crippen LogP contribution in [0.5, 0.6) is 0 Å². The van der Waals surface area contributed by atoms with Gasteiger partial charge >= 0.3 is 5.69 Å². The number of thioether (sulfide) groups is 1. The molecule has 7 nitrogen and oxygen atoms in total. The Morgan fingerprint density at radius 1 is 1.45 bits per heavy atom. The Labute approximate surface area is 124 Å². The minimum atomic E-state index is -0.150. The third-order valence-corrected chi connectivity index (χ3v) is 4.34. The molecule has 2 N–H and O–H groups in total. The standard InChI is InChI=1S/C11H14N6OS2/c1-12-7-5-8(14-9(13-7)19-2)20-11-16-15-10(18)17(11)6-3-4-6/h5-6H,3-4H2,1-2H3,(H,15,18)(H,12,13,14). The average molecular weight is 310 g/mol. The number of H-pyrrole nitrogens is 1. The van der Waals surface area contributed by atoms with Crippen LogP contribution in [0.25, 0.3) is 0 Å². The summed E-state index contributed by atoms with van der Waals surface area (Å²) in [6.45, 7) is 0. The second-order valence-corrected chi connectivity index (χ2v) is 6.10. The van der Waals surface area contributed by atoms with E-state index in [0.717, 1.165) is 23.7 Å². The molecule has 1 aliphatic rings. The molecule has 106 valence electrons. The van der Waals surface area contributed by atoms with Crippen molar-refractivity contribution in [3.8, 4) is 0 Å². The van der Waals surface area contributed by atoms with E-state index in [9.17, 15) is 4.79 Å². The fourth-order valence-corrected chi connectivity index (χ4v) is 3.13. The lowest BCUT2D eigenvalue weighted by Crippen LogP contribution is -2.16. The normalized spacial score (nSPS) is 14.5. The molecule has 0 radical (unpaired) electrons. The molecule has 0 aliphatic heterocycles. The van der Waals surface area contributed by atoms with E-state index in [-0.39, 0.29) is 11.7 Å². The fourth-order valence-electron chi connectivity index (χ4n) is 1.79. The molecule has 2 aromatic rings. The van der Waals surface area contributed by atoms with Crippen LogP contribution < -0.4 is 11.0 Å². The van der Waals surface area contributed by atoms with E-state index in [1.54, 1.807) is 4.57 Å². The number of hydrogen-bond acceptors (Lipinski definition) is 7. The van der Waals surface area contributed by atoms with Gasteiger partial charge in [0, 0.05) is 19.2 Å². The number of rotatable bonds is 5. The third kappa shape index (κ3) is 2.68. The highest BCUT2D eigenvalue weighted by molar-refractivity contribution is 7.99. The van der Waals surface area contributed by atoms with Gasteiger partial charge in [0.2, 0.25) is 0 Å². The lowest BCUT2D eigenvalue weighted by molar-refractivity contribution is 0.642. The van der Waals surface area contributed by atoms with Gasteiger partial charge < -0.3 is 5.32 Å². The number of anilines is 1. The molecular formula is C11H14N6OS2. The number of nitrogens with one attached hydrogen (secondary N) is 2. The first kappa shape index (κ1) is 13.5. The molecule has 0 amide bonds. The van der Waals surface area contributed by atoms with Gasteiger partial charge in [0.05, 0.1) is 0 Å². The zero-order chi connectivity index (χ0) is 14.1. The van der Waals surface area contributed by atoms with E-state index in [1.165, 1.54) is 23.5 Å². The summed E-state index contributed by atoms with van der Waals surface area (Å²) in [6.07, 6.45) is 4.00. The van der Waals surface area contributed by atoms with Crippen LogP contribution in [0.3, 0.4) is 0 Å². The van der Waals surface area contributed by atoms with Crippen LogP contribution in [0.1, 0.15) is 18.9 Å². The van der Waals surface area contributed by atoms with Crippen LogP contribution in [0.15, 0.2) is 26.2 Å². The van der Waals surface area contributed by atoms with E-state index >= 15 is 0 Å². The molecule has 9 heteroatoms. The van der Waals surface area contributed by atoms with Crippen molar-refractivity contribution in [3.05, 3.63) is 16.6 Å². The van der Waals surface area contributed by atoms with Crippen LogP contribution in [0, 0.1) is 0 Å². The number of aromatic amines is 1. The summed E-state index contributed by atoms with van der Waals surface area (Å²) in [5, 5.41) is 11.7. The van der Waals surface area contributed by atoms with Gasteiger partial charge in [-0.3, -0.25) is 4.57 Å². The molecule has 2 aromatic heterocycles. The minimum Gasteiger partial charge on any atom is -0.373 e. The Morgan fingerprint density at radius 3 is 2.90 bits per heavy atom. The average Bonchev–Trinajstić information content (AvgIpc) is 3.23. The predicted octanol–water partition coefficient (Wildman–Crippen LogP) is 1.61. The molecule has 0 atom stereocenters. The summed E-state index contributed by atoms with van der Waals surface area (Å²) >= 11 is 2.86. The second kappa shape index (κ2) is 5.49. The molecule has 0 bridgehead atoms. The van der Waals surface area contributed by atoms with Crippen LogP contribution in [0.2, 0.25) is 0 Å². The van der Waals surface area contributed by atoms with Crippen LogP contribution in [-0.4, -0.2) is 38.0 Å². The van der Waals surface area contributed by atoms with Crippen molar-refractivity contribution < 1.29 is 0 Å². The zero-order valence-electron chi connectivity index (χ0n) is 11.1. The molecule has 0 spiro atoms. The molecule has 1 saturated carbocycles. The van der Waals surface area contributed by atoms with E-state index < -0.39 is 0 Å². The highest BCUT2D eigenvalue weighted by Gasteiger charge is 2.29. The van der Waals surface area contributed by atoms with Gasteiger partial charge in [0.1, 0.15) is 10.8 Å². The van der Waals surface area contributed by atoms with Crippen LogP contribution in [-0.2, 0) is 0 Å². The maximum Gasteiger partial charge on any atom is 0.344 e. The Kier molecular flexibility index (Phi) is 3.70. The van der Waals surface area contributed by atoms with Gasteiger partial charge in [-0.05, 0) is 30.9 Å². The van der Waals surface area contributed by atoms with Crippen molar-refractivity contribution >= 4 is 29.3 Å². The molecule has 1 aliphatic carbocycles. The largest absolute Gasteiger partial charge is 0.373 e. The SMILES string of the molecule is CNc1cc(Sc2n[nH]c(=O)n2C2CC2)nc(SC)n1. The van der Waals surface area contributed by atoms with Crippen molar-refractivity contribution in [3.63, 3.8) is 0 Å². The van der Waals surface area contributed by atoms with Gasteiger partial charge in [-0.2, -0.15) is 0 Å². The van der Waals surface area contributed by atoms with Gasteiger partial charge in [-0.1, -0.05) is 11.8 Å². The van der Waals surface area contributed by atoms with E-state index in [0.29, 0.717) is 10.3 Å². The maximum atomic E-state index is 11.7. The fraction of sp³-hybridized carbons (Fsp3) is 0.455. The van der Waals surface area contributed by atoms with Crippen LogP contribution in [0.4, 0.5) is 5.82 Å². The van der Waals surface area contributed by atoms with Crippen molar-refractivity contribution in [2.24, 2.45) is 0 Å². The first-order valence-electron chi connectivity index (χ1n) is 6.17. The van der Waals surface area contributed by atoms with Crippen molar-refractivity contribution in [2.75, 3.05) is 18.6 Å². The lowest BCUT2D eigenvalue weighted by Gasteiger charge is -2.06. The summed E-state index contributed by atoms with van der Waals surface area (Å²) in [6, 6.07) is 2.13. The van der Waals surface area contributed by atoms with Gasteiger partial charge in [0.25, 0.3) is 0 Å². The summed E-state index contributed by atoms with van der Waals surface area (Å²) in [7, 11) is 1.82. The molecule has 0 saturated heterocycles. The maximum absolute atomic E-state index is 11.7. The van der Waals surface area contributed by atoms with Gasteiger partial charge in [0.15, 0.2) is 10.3 Å². The topological polar surface area (TPSA) is 88.5 Å². The highest BCUT2D eigenvalue weighted by atomic mass is 32.2. The monoisotopic (exact) mass is 310 g/mol. The molecule has 2 heterocycles. The smallest absolute Gasteiger partial charge is 0.344 e. The zero-order valence-corrected chi connectivity index (χ0v) is 12.7. The lowest BCUT2D eigenvalue weighted by atomic mass is 10.6. The van der Waals surface area contributed by atoms with E-state index in [1.807, 2.05) is 19.4 Å².